The summed E-state index contributed by atoms with van der Waals surface area (Å²) in [4.78, 5) is 27.3. The van der Waals surface area contributed by atoms with Crippen molar-refractivity contribution in [1.29, 1.82) is 0 Å². The van der Waals surface area contributed by atoms with Crippen molar-refractivity contribution in [3.63, 3.8) is 0 Å². The van der Waals surface area contributed by atoms with Crippen LogP contribution in [-0.2, 0) is 11.2 Å². The molecule has 106 valence electrons. The van der Waals surface area contributed by atoms with E-state index in [0.29, 0.717) is 31.6 Å². The van der Waals surface area contributed by atoms with Crippen molar-refractivity contribution in [1.82, 2.24) is 4.90 Å². The Hall–Kier alpha value is -1.88. The molecule has 1 saturated heterocycles. The number of fused-ring (bicyclic) bond motifs is 1. The van der Waals surface area contributed by atoms with Crippen molar-refractivity contribution in [2.75, 3.05) is 24.5 Å². The van der Waals surface area contributed by atoms with Gasteiger partial charge in [-0.15, -0.1) is 0 Å². The Morgan fingerprint density at radius 1 is 1.30 bits per heavy atom. The molecule has 0 bridgehead atoms. The lowest BCUT2D eigenvalue weighted by Crippen LogP contribution is -2.29. The third-order valence-corrected chi connectivity index (χ3v) is 4.05. The van der Waals surface area contributed by atoms with E-state index in [2.05, 4.69) is 0 Å². The van der Waals surface area contributed by atoms with Crippen LogP contribution in [-0.4, -0.2) is 47.6 Å². The highest BCUT2D eigenvalue weighted by Crippen LogP contribution is 2.29. The fourth-order valence-electron chi connectivity index (χ4n) is 2.97. The van der Waals surface area contributed by atoms with E-state index >= 15 is 0 Å². The Labute approximate surface area is 117 Å². The summed E-state index contributed by atoms with van der Waals surface area (Å²) in [6, 6.07) is 5.50. The van der Waals surface area contributed by atoms with E-state index in [-0.39, 0.29) is 11.8 Å². The topological polar surface area (TPSA) is 60.9 Å². The van der Waals surface area contributed by atoms with Crippen molar-refractivity contribution in [2.45, 2.75) is 25.9 Å². The molecule has 2 amide bonds. The molecule has 1 aromatic rings. The first-order chi connectivity index (χ1) is 9.56. The second-order valence-corrected chi connectivity index (χ2v) is 5.46. The quantitative estimate of drug-likeness (QED) is 0.824. The summed E-state index contributed by atoms with van der Waals surface area (Å²) < 4.78 is 0. The van der Waals surface area contributed by atoms with Gasteiger partial charge in [0.1, 0.15) is 0 Å². The maximum Gasteiger partial charge on any atom is 0.253 e. The zero-order chi connectivity index (χ0) is 14.3. The second kappa shape index (κ2) is 4.90. The Morgan fingerprint density at radius 2 is 2.10 bits per heavy atom. The maximum absolute atomic E-state index is 12.3. The molecule has 5 heteroatoms. The third kappa shape index (κ3) is 2.18. The molecule has 0 spiro atoms. The zero-order valence-electron chi connectivity index (χ0n) is 11.5. The van der Waals surface area contributed by atoms with Gasteiger partial charge in [-0.1, -0.05) is 0 Å². The first kappa shape index (κ1) is 13.1. The van der Waals surface area contributed by atoms with Crippen molar-refractivity contribution in [2.24, 2.45) is 0 Å². The predicted octanol–water partition coefficient (Wildman–Crippen LogP) is 0.802. The van der Waals surface area contributed by atoms with Gasteiger partial charge in [0.2, 0.25) is 5.91 Å². The molecule has 2 aliphatic heterocycles. The summed E-state index contributed by atoms with van der Waals surface area (Å²) in [7, 11) is 0. The monoisotopic (exact) mass is 274 g/mol. The lowest BCUT2D eigenvalue weighted by atomic mass is 10.1. The van der Waals surface area contributed by atoms with Gasteiger partial charge in [0, 0.05) is 37.8 Å². The number of aliphatic hydroxyl groups excluding tert-OH is 1. The van der Waals surface area contributed by atoms with E-state index in [0.717, 1.165) is 17.7 Å². The van der Waals surface area contributed by atoms with Crippen LogP contribution in [0.3, 0.4) is 0 Å². The molecule has 2 aliphatic rings. The number of anilines is 1. The van der Waals surface area contributed by atoms with Crippen LogP contribution in [0.5, 0.6) is 0 Å². The smallest absolute Gasteiger partial charge is 0.253 e. The van der Waals surface area contributed by atoms with Gasteiger partial charge in [-0.2, -0.15) is 0 Å². The lowest BCUT2D eigenvalue weighted by molar-refractivity contribution is -0.116. The van der Waals surface area contributed by atoms with Crippen LogP contribution in [0.1, 0.15) is 29.3 Å². The van der Waals surface area contributed by atoms with Crippen LogP contribution in [0.15, 0.2) is 18.2 Å². The highest BCUT2D eigenvalue weighted by atomic mass is 16.3. The van der Waals surface area contributed by atoms with Gasteiger partial charge in [0.05, 0.1) is 6.10 Å². The standard InChI is InChI=1S/C15H18N2O3/c1-10(18)17-7-4-11-8-12(2-3-14(11)17)15(20)16-6-5-13(19)9-16/h2-3,8,13,19H,4-7,9H2,1H3/t13-/m1/s1. The van der Waals surface area contributed by atoms with Crippen molar-refractivity contribution >= 4 is 17.5 Å². The Balaban J connectivity index is 1.83. The highest BCUT2D eigenvalue weighted by Gasteiger charge is 2.27. The number of hydrogen-bond donors (Lipinski definition) is 1. The molecule has 3 rings (SSSR count). The van der Waals surface area contributed by atoms with Gasteiger partial charge >= 0.3 is 0 Å². The van der Waals surface area contributed by atoms with Crippen molar-refractivity contribution < 1.29 is 14.7 Å². The fraction of sp³-hybridized carbons (Fsp3) is 0.467. The van der Waals surface area contributed by atoms with Crippen LogP contribution in [0, 0.1) is 0 Å². The first-order valence-corrected chi connectivity index (χ1v) is 6.94. The third-order valence-electron chi connectivity index (χ3n) is 4.05. The molecular weight excluding hydrogens is 256 g/mol. The SMILES string of the molecule is CC(=O)N1CCc2cc(C(=O)N3CC[C@@H](O)C3)ccc21. The highest BCUT2D eigenvalue weighted by molar-refractivity contribution is 5.98. The van der Waals surface area contributed by atoms with E-state index in [9.17, 15) is 14.7 Å². The van der Waals surface area contributed by atoms with Crippen LogP contribution in [0.2, 0.25) is 0 Å². The molecule has 0 unspecified atom stereocenters. The minimum Gasteiger partial charge on any atom is -0.391 e. The summed E-state index contributed by atoms with van der Waals surface area (Å²) in [5, 5.41) is 9.51. The van der Waals surface area contributed by atoms with E-state index in [1.54, 1.807) is 22.8 Å². The Bertz CT molecular complexity index is 570. The molecule has 1 aromatic carbocycles. The predicted molar refractivity (Wildman–Crippen MR) is 74.7 cm³/mol. The van der Waals surface area contributed by atoms with Gasteiger partial charge in [-0.25, -0.2) is 0 Å². The normalized spacial score (nSPS) is 21.2. The average Bonchev–Trinajstić information content (AvgIpc) is 3.03. The molecule has 1 N–H and O–H groups in total. The van der Waals surface area contributed by atoms with Crippen LogP contribution < -0.4 is 4.90 Å². The van der Waals surface area contributed by atoms with E-state index in [1.807, 2.05) is 12.1 Å². The van der Waals surface area contributed by atoms with E-state index in [4.69, 9.17) is 0 Å². The summed E-state index contributed by atoms with van der Waals surface area (Å²) >= 11 is 0. The molecule has 1 fully saturated rings. The van der Waals surface area contributed by atoms with Gasteiger partial charge in [-0.3, -0.25) is 9.59 Å². The molecule has 1 atom stereocenters. The number of amides is 2. The number of carbonyl (C=O) groups is 2. The van der Waals surface area contributed by atoms with Crippen LogP contribution in [0.4, 0.5) is 5.69 Å². The largest absolute Gasteiger partial charge is 0.391 e. The summed E-state index contributed by atoms with van der Waals surface area (Å²) in [6.07, 6.45) is 1.04. The number of β-amino-alcohol motifs (C(OH)–C–C–N with tert-alkyl or cyclic N) is 1. The minimum atomic E-state index is -0.401. The summed E-state index contributed by atoms with van der Waals surface area (Å²) in [5.41, 5.74) is 2.60. The number of rotatable bonds is 1. The fourth-order valence-corrected chi connectivity index (χ4v) is 2.97. The van der Waals surface area contributed by atoms with Crippen LogP contribution >= 0.6 is 0 Å². The van der Waals surface area contributed by atoms with Gasteiger partial charge < -0.3 is 14.9 Å². The molecule has 0 saturated carbocycles. The van der Waals surface area contributed by atoms with Crippen molar-refractivity contribution in [3.8, 4) is 0 Å². The minimum absolute atomic E-state index is 0.0329. The van der Waals surface area contributed by atoms with Gasteiger partial charge in [0.15, 0.2) is 0 Å². The summed E-state index contributed by atoms with van der Waals surface area (Å²) in [6.45, 7) is 3.26. The number of aliphatic hydroxyl groups is 1. The Kier molecular flexibility index (Phi) is 3.22. The molecule has 0 radical (unpaired) electrons. The van der Waals surface area contributed by atoms with Crippen LogP contribution in [0.25, 0.3) is 0 Å². The molecule has 20 heavy (non-hydrogen) atoms. The number of hydrogen-bond acceptors (Lipinski definition) is 3. The van der Waals surface area contributed by atoms with Gasteiger partial charge in [-0.05, 0) is 36.6 Å². The summed E-state index contributed by atoms with van der Waals surface area (Å²) in [5.74, 6) is -0.00360. The zero-order valence-corrected chi connectivity index (χ0v) is 11.5. The lowest BCUT2D eigenvalue weighted by Gasteiger charge is -2.17. The van der Waals surface area contributed by atoms with Crippen molar-refractivity contribution in [3.05, 3.63) is 29.3 Å². The maximum atomic E-state index is 12.3. The molecule has 5 nitrogen and oxygen atoms in total. The number of nitrogens with zero attached hydrogens (tertiary/aromatic N) is 2. The molecular formula is C15H18N2O3. The average molecular weight is 274 g/mol. The second-order valence-electron chi connectivity index (χ2n) is 5.46. The number of carbonyl (C=O) groups excluding carboxylic acids is 2. The number of likely N-dealkylation sites (tertiary alicyclic amines) is 1. The van der Waals surface area contributed by atoms with E-state index in [1.165, 1.54) is 0 Å². The number of benzene rings is 1. The molecule has 0 aliphatic carbocycles. The van der Waals surface area contributed by atoms with Gasteiger partial charge in [0.25, 0.3) is 5.91 Å². The first-order valence-electron chi connectivity index (χ1n) is 6.94. The Morgan fingerprint density at radius 3 is 2.75 bits per heavy atom. The van der Waals surface area contributed by atoms with E-state index < -0.39 is 6.10 Å². The molecule has 2 heterocycles. The molecule has 0 aromatic heterocycles.